The quantitative estimate of drug-likeness (QED) is 0.208. The Morgan fingerprint density at radius 1 is 0.514 bits per heavy atom. The highest BCUT2D eigenvalue weighted by atomic mass is 19.1. The highest BCUT2D eigenvalue weighted by Gasteiger charge is 2.01. The first-order chi connectivity index (χ1) is 17.2. The fraction of sp³-hybridized carbons (Fsp3) is 0.353. The van der Waals surface area contributed by atoms with E-state index in [9.17, 15) is 4.39 Å². The van der Waals surface area contributed by atoms with Crippen molar-refractivity contribution in [3.05, 3.63) is 106 Å². The molecule has 0 aliphatic carbocycles. The van der Waals surface area contributed by atoms with Gasteiger partial charge in [-0.2, -0.15) is 0 Å². The maximum Gasteiger partial charge on any atom is 0.140 e. The molecule has 0 fully saturated rings. The minimum Gasteiger partial charge on any atom is -0.206 e. The predicted molar refractivity (Wildman–Crippen MR) is 147 cm³/mol. The lowest BCUT2D eigenvalue weighted by Crippen LogP contribution is -1.88. The van der Waals surface area contributed by atoms with Crippen LogP contribution in [0.1, 0.15) is 98.6 Å². The summed E-state index contributed by atoms with van der Waals surface area (Å²) in [5, 5.41) is 0. The van der Waals surface area contributed by atoms with Gasteiger partial charge >= 0.3 is 0 Å². The summed E-state index contributed by atoms with van der Waals surface area (Å²) in [5.74, 6) is 11.9. The summed E-state index contributed by atoms with van der Waals surface area (Å²) < 4.78 is 14.6. The monoisotopic (exact) mass is 464 g/mol. The molecule has 0 bridgehead atoms. The Labute approximate surface area is 212 Å². The summed E-state index contributed by atoms with van der Waals surface area (Å²) in [5.41, 5.74) is 5.58. The normalized spacial score (nSPS) is 10.3. The molecule has 35 heavy (non-hydrogen) atoms. The van der Waals surface area contributed by atoms with Crippen LogP contribution in [0.25, 0.3) is 0 Å². The van der Waals surface area contributed by atoms with E-state index < -0.39 is 0 Å². The largest absolute Gasteiger partial charge is 0.206 e. The minimum absolute atomic E-state index is 0.334. The molecule has 3 aromatic rings. The Morgan fingerprint density at radius 3 is 1.54 bits per heavy atom. The fourth-order valence-corrected chi connectivity index (χ4v) is 4.00. The molecule has 180 valence electrons. The van der Waals surface area contributed by atoms with Gasteiger partial charge in [-0.05, 0) is 79.3 Å². The number of halogens is 1. The van der Waals surface area contributed by atoms with Gasteiger partial charge in [-0.3, -0.25) is 0 Å². The molecule has 0 heterocycles. The standard InChI is InChI=1S/C34H37F/c1-3-5-7-8-10-12-29-13-17-30(18-14-29)21-22-32-24-26-33(34(35)27-32)25-23-31-19-15-28(16-20-31)11-9-6-4-2/h13-20,24,26-27H,3-12H2,1-2H3. The Balaban J connectivity index is 1.56. The molecule has 0 unspecified atom stereocenters. The summed E-state index contributed by atoms with van der Waals surface area (Å²) in [6.45, 7) is 4.46. The molecule has 0 radical (unpaired) electrons. The van der Waals surface area contributed by atoms with Crippen molar-refractivity contribution in [1.29, 1.82) is 0 Å². The molecule has 0 N–H and O–H groups in total. The lowest BCUT2D eigenvalue weighted by Gasteiger charge is -2.02. The van der Waals surface area contributed by atoms with Crippen molar-refractivity contribution in [2.45, 2.75) is 78.1 Å². The van der Waals surface area contributed by atoms with Crippen molar-refractivity contribution in [3.63, 3.8) is 0 Å². The number of hydrogen-bond acceptors (Lipinski definition) is 0. The van der Waals surface area contributed by atoms with Crippen molar-refractivity contribution in [2.24, 2.45) is 0 Å². The first kappa shape index (κ1) is 26.3. The van der Waals surface area contributed by atoms with Crippen LogP contribution in [-0.2, 0) is 12.8 Å². The number of aryl methyl sites for hydroxylation is 2. The van der Waals surface area contributed by atoms with Gasteiger partial charge in [0.05, 0.1) is 5.56 Å². The second kappa shape index (κ2) is 14.9. The lowest BCUT2D eigenvalue weighted by molar-refractivity contribution is 0.624. The maximum atomic E-state index is 14.6. The van der Waals surface area contributed by atoms with E-state index in [1.807, 2.05) is 18.2 Å². The number of benzene rings is 3. The summed E-state index contributed by atoms with van der Waals surface area (Å²) in [7, 11) is 0. The van der Waals surface area contributed by atoms with E-state index in [1.165, 1.54) is 68.6 Å². The SMILES string of the molecule is CCCCCCCc1ccc(C#Cc2ccc(C#Cc3ccc(CCCCC)cc3)c(F)c2)cc1. The number of hydrogen-bond donors (Lipinski definition) is 0. The molecule has 0 saturated heterocycles. The molecule has 3 rings (SSSR count). The Hall–Kier alpha value is -3.29. The van der Waals surface area contributed by atoms with Gasteiger partial charge in [0.25, 0.3) is 0 Å². The fourth-order valence-electron chi connectivity index (χ4n) is 4.00. The zero-order valence-electron chi connectivity index (χ0n) is 21.3. The predicted octanol–water partition coefficient (Wildman–Crippen LogP) is 8.87. The zero-order valence-corrected chi connectivity index (χ0v) is 21.3. The van der Waals surface area contributed by atoms with Crippen molar-refractivity contribution in [2.75, 3.05) is 0 Å². The smallest absolute Gasteiger partial charge is 0.140 e. The first-order valence-electron chi connectivity index (χ1n) is 13.2. The van der Waals surface area contributed by atoms with E-state index in [0.29, 0.717) is 11.1 Å². The highest BCUT2D eigenvalue weighted by molar-refractivity contribution is 5.49. The first-order valence-corrected chi connectivity index (χ1v) is 13.2. The van der Waals surface area contributed by atoms with E-state index in [0.717, 1.165) is 24.0 Å². The molecule has 0 aliphatic heterocycles. The second-order valence-electron chi connectivity index (χ2n) is 9.21. The Bertz CT molecular complexity index is 1160. The molecular weight excluding hydrogens is 427 g/mol. The molecule has 0 amide bonds. The lowest BCUT2D eigenvalue weighted by atomic mass is 10.0. The molecule has 0 atom stereocenters. The Kier molecular flexibility index (Phi) is 11.2. The van der Waals surface area contributed by atoms with E-state index >= 15 is 0 Å². The van der Waals surface area contributed by atoms with E-state index in [4.69, 9.17) is 0 Å². The third-order valence-electron chi connectivity index (χ3n) is 6.21. The van der Waals surface area contributed by atoms with Crippen LogP contribution in [0.5, 0.6) is 0 Å². The minimum atomic E-state index is -0.334. The molecule has 0 saturated carbocycles. The van der Waals surface area contributed by atoms with Gasteiger partial charge in [0, 0.05) is 16.7 Å². The van der Waals surface area contributed by atoms with Crippen LogP contribution in [0.2, 0.25) is 0 Å². The third-order valence-corrected chi connectivity index (χ3v) is 6.21. The number of unbranched alkanes of at least 4 members (excludes halogenated alkanes) is 6. The van der Waals surface area contributed by atoms with Gasteiger partial charge in [-0.25, -0.2) is 4.39 Å². The second-order valence-corrected chi connectivity index (χ2v) is 9.21. The number of rotatable bonds is 10. The van der Waals surface area contributed by atoms with Gasteiger partial charge in [-0.1, -0.05) is 100 Å². The van der Waals surface area contributed by atoms with Gasteiger partial charge in [0.15, 0.2) is 0 Å². The van der Waals surface area contributed by atoms with E-state index in [-0.39, 0.29) is 5.82 Å². The zero-order chi connectivity index (χ0) is 24.7. The van der Waals surface area contributed by atoms with Crippen molar-refractivity contribution < 1.29 is 4.39 Å². The summed E-state index contributed by atoms with van der Waals surface area (Å²) in [4.78, 5) is 0. The van der Waals surface area contributed by atoms with Crippen LogP contribution in [0.3, 0.4) is 0 Å². The van der Waals surface area contributed by atoms with Crippen molar-refractivity contribution >= 4 is 0 Å². The molecule has 0 spiro atoms. The molecule has 3 aromatic carbocycles. The average molecular weight is 465 g/mol. The summed E-state index contributed by atoms with van der Waals surface area (Å²) in [6, 6.07) is 21.7. The van der Waals surface area contributed by atoms with Crippen LogP contribution in [0.4, 0.5) is 4.39 Å². The van der Waals surface area contributed by atoms with Crippen LogP contribution in [0.15, 0.2) is 66.7 Å². The molecule has 0 aliphatic rings. The Morgan fingerprint density at radius 2 is 0.971 bits per heavy atom. The van der Waals surface area contributed by atoms with Gasteiger partial charge in [-0.15, -0.1) is 0 Å². The summed E-state index contributed by atoms with van der Waals surface area (Å²) >= 11 is 0. The highest BCUT2D eigenvalue weighted by Crippen LogP contribution is 2.13. The van der Waals surface area contributed by atoms with Gasteiger partial charge in [0.1, 0.15) is 5.82 Å². The molecule has 0 nitrogen and oxygen atoms in total. The third kappa shape index (κ3) is 9.47. The van der Waals surface area contributed by atoms with Crippen molar-refractivity contribution in [3.8, 4) is 23.7 Å². The maximum absolute atomic E-state index is 14.6. The van der Waals surface area contributed by atoms with Gasteiger partial charge in [0.2, 0.25) is 0 Å². The van der Waals surface area contributed by atoms with Crippen LogP contribution in [0, 0.1) is 29.5 Å². The van der Waals surface area contributed by atoms with Crippen LogP contribution < -0.4 is 0 Å². The summed E-state index contributed by atoms with van der Waals surface area (Å²) in [6.07, 6.45) is 12.4. The topological polar surface area (TPSA) is 0 Å². The van der Waals surface area contributed by atoms with Gasteiger partial charge < -0.3 is 0 Å². The molecule has 0 aromatic heterocycles. The van der Waals surface area contributed by atoms with Crippen LogP contribution >= 0.6 is 0 Å². The molecular formula is C34H37F. The van der Waals surface area contributed by atoms with Crippen LogP contribution in [-0.4, -0.2) is 0 Å². The van der Waals surface area contributed by atoms with E-state index in [1.54, 1.807) is 6.07 Å². The molecule has 1 heteroatoms. The average Bonchev–Trinajstić information content (AvgIpc) is 2.88. The van der Waals surface area contributed by atoms with Crippen molar-refractivity contribution in [1.82, 2.24) is 0 Å². The van der Waals surface area contributed by atoms with E-state index in [2.05, 4.69) is 73.9 Å².